The van der Waals surface area contributed by atoms with E-state index in [1.54, 1.807) is 4.90 Å². The van der Waals surface area contributed by atoms with Gasteiger partial charge in [-0.2, -0.15) is 11.8 Å². The third kappa shape index (κ3) is 3.67. The van der Waals surface area contributed by atoms with Gasteiger partial charge in [0.05, 0.1) is 6.54 Å². The first-order valence-electron chi connectivity index (χ1n) is 6.02. The Bertz CT molecular complexity index is 243. The molecule has 0 spiro atoms. The Balaban J connectivity index is 2.39. The Hall–Kier alpha value is -0.220. The van der Waals surface area contributed by atoms with Gasteiger partial charge in [-0.25, -0.2) is 0 Å². The number of nitrogens with one attached hydrogen (secondary N) is 1. The minimum atomic E-state index is 0.189. The van der Waals surface area contributed by atoms with Crippen LogP contribution in [0.2, 0.25) is 0 Å². The van der Waals surface area contributed by atoms with Crippen molar-refractivity contribution in [2.75, 3.05) is 31.6 Å². The van der Waals surface area contributed by atoms with Gasteiger partial charge in [0.15, 0.2) is 0 Å². The molecule has 1 N–H and O–H groups in total. The standard InChI is InChI=1S/C12H24N2OS/c1-5-14(4)11(15)8-13-10-9-16-7-6-12(10,2)3/h10,13H,5-9H2,1-4H3. The summed E-state index contributed by atoms with van der Waals surface area (Å²) in [6, 6.07) is 0.459. The fourth-order valence-corrected chi connectivity index (χ4v) is 3.44. The second kappa shape index (κ2) is 5.92. The predicted octanol–water partition coefficient (Wildman–Crippen LogP) is 1.59. The molecule has 0 aromatic heterocycles. The summed E-state index contributed by atoms with van der Waals surface area (Å²) < 4.78 is 0. The number of thioether (sulfide) groups is 1. The van der Waals surface area contributed by atoms with Gasteiger partial charge < -0.3 is 10.2 Å². The summed E-state index contributed by atoms with van der Waals surface area (Å²) in [6.07, 6.45) is 1.23. The van der Waals surface area contributed by atoms with Crippen molar-refractivity contribution in [1.29, 1.82) is 0 Å². The maximum atomic E-state index is 11.7. The van der Waals surface area contributed by atoms with E-state index < -0.39 is 0 Å². The summed E-state index contributed by atoms with van der Waals surface area (Å²) >= 11 is 1.98. The van der Waals surface area contributed by atoms with Crippen molar-refractivity contribution < 1.29 is 4.79 Å². The molecule has 16 heavy (non-hydrogen) atoms. The highest BCUT2D eigenvalue weighted by molar-refractivity contribution is 7.99. The van der Waals surface area contributed by atoms with Crippen LogP contribution in [-0.2, 0) is 4.79 Å². The van der Waals surface area contributed by atoms with Crippen LogP contribution in [0.25, 0.3) is 0 Å². The highest BCUT2D eigenvalue weighted by atomic mass is 32.2. The molecule has 1 aliphatic rings. The fraction of sp³-hybridized carbons (Fsp3) is 0.917. The summed E-state index contributed by atoms with van der Waals surface area (Å²) in [5.74, 6) is 2.55. The van der Waals surface area contributed by atoms with Crippen LogP contribution in [-0.4, -0.2) is 48.5 Å². The first-order valence-corrected chi connectivity index (χ1v) is 7.18. The molecule has 3 nitrogen and oxygen atoms in total. The number of carbonyl (C=O) groups excluding carboxylic acids is 1. The first kappa shape index (κ1) is 13.8. The van der Waals surface area contributed by atoms with E-state index in [0.717, 1.165) is 12.3 Å². The normalized spacial score (nSPS) is 24.1. The predicted molar refractivity (Wildman–Crippen MR) is 70.8 cm³/mol. The van der Waals surface area contributed by atoms with E-state index in [2.05, 4.69) is 19.2 Å². The lowest BCUT2D eigenvalue weighted by Crippen LogP contribution is -2.49. The fourth-order valence-electron chi connectivity index (χ4n) is 1.79. The minimum Gasteiger partial charge on any atom is -0.345 e. The molecule has 0 aromatic carbocycles. The quantitative estimate of drug-likeness (QED) is 0.815. The van der Waals surface area contributed by atoms with E-state index in [0.29, 0.717) is 18.0 Å². The molecule has 1 unspecified atom stereocenters. The summed E-state index contributed by atoms with van der Waals surface area (Å²) in [5, 5.41) is 3.41. The van der Waals surface area contributed by atoms with Crippen LogP contribution < -0.4 is 5.32 Å². The highest BCUT2D eigenvalue weighted by Gasteiger charge is 2.32. The van der Waals surface area contributed by atoms with Gasteiger partial charge in [0, 0.05) is 25.4 Å². The van der Waals surface area contributed by atoms with E-state index >= 15 is 0 Å². The average Bonchev–Trinajstić information content (AvgIpc) is 2.25. The Morgan fingerprint density at radius 1 is 1.56 bits per heavy atom. The molecule has 94 valence electrons. The minimum absolute atomic E-state index is 0.189. The van der Waals surface area contributed by atoms with Crippen molar-refractivity contribution in [2.45, 2.75) is 33.2 Å². The lowest BCUT2D eigenvalue weighted by atomic mass is 9.82. The number of hydrogen-bond donors (Lipinski definition) is 1. The van der Waals surface area contributed by atoms with Gasteiger partial charge >= 0.3 is 0 Å². The summed E-state index contributed by atoms with van der Waals surface area (Å²) in [5.41, 5.74) is 0.316. The number of nitrogens with zero attached hydrogens (tertiary/aromatic N) is 1. The molecule has 1 rings (SSSR count). The van der Waals surface area contributed by atoms with E-state index in [1.165, 1.54) is 12.2 Å². The zero-order valence-corrected chi connectivity index (χ0v) is 11.7. The Morgan fingerprint density at radius 2 is 2.25 bits per heavy atom. The van der Waals surface area contributed by atoms with Crippen LogP contribution in [0.3, 0.4) is 0 Å². The third-order valence-electron chi connectivity index (χ3n) is 3.52. The summed E-state index contributed by atoms with van der Waals surface area (Å²) in [7, 11) is 1.85. The molecule has 0 bridgehead atoms. The van der Waals surface area contributed by atoms with Crippen molar-refractivity contribution in [3.05, 3.63) is 0 Å². The Kier molecular flexibility index (Phi) is 5.12. The van der Waals surface area contributed by atoms with E-state index in [-0.39, 0.29) is 5.91 Å². The molecule has 1 heterocycles. The molecule has 0 aliphatic carbocycles. The third-order valence-corrected chi connectivity index (χ3v) is 4.58. The van der Waals surface area contributed by atoms with Gasteiger partial charge in [-0.15, -0.1) is 0 Å². The number of likely N-dealkylation sites (N-methyl/N-ethyl adjacent to an activating group) is 1. The topological polar surface area (TPSA) is 32.3 Å². The monoisotopic (exact) mass is 244 g/mol. The van der Waals surface area contributed by atoms with Crippen LogP contribution in [0.4, 0.5) is 0 Å². The second-order valence-electron chi connectivity index (χ2n) is 5.15. The van der Waals surface area contributed by atoms with Crippen molar-refractivity contribution >= 4 is 17.7 Å². The molecule has 4 heteroatoms. The van der Waals surface area contributed by atoms with Crippen LogP contribution in [0.15, 0.2) is 0 Å². The number of carbonyl (C=O) groups is 1. The van der Waals surface area contributed by atoms with Gasteiger partial charge in [0.2, 0.25) is 5.91 Å². The van der Waals surface area contributed by atoms with Crippen molar-refractivity contribution in [3.63, 3.8) is 0 Å². The van der Waals surface area contributed by atoms with Gasteiger partial charge in [-0.1, -0.05) is 13.8 Å². The van der Waals surface area contributed by atoms with Crippen LogP contribution in [0.1, 0.15) is 27.2 Å². The zero-order chi connectivity index (χ0) is 12.2. The summed E-state index contributed by atoms with van der Waals surface area (Å²) in [6.45, 7) is 7.83. The SMILES string of the molecule is CCN(C)C(=O)CNC1CSCCC1(C)C. The first-order chi connectivity index (χ1) is 7.47. The molecular formula is C12H24N2OS. The number of rotatable bonds is 4. The summed E-state index contributed by atoms with van der Waals surface area (Å²) in [4.78, 5) is 13.4. The Morgan fingerprint density at radius 3 is 2.81 bits per heavy atom. The molecular weight excluding hydrogens is 220 g/mol. The molecule has 1 saturated heterocycles. The van der Waals surface area contributed by atoms with E-state index in [9.17, 15) is 4.79 Å². The van der Waals surface area contributed by atoms with Gasteiger partial charge in [-0.05, 0) is 24.5 Å². The molecule has 1 aliphatic heterocycles. The van der Waals surface area contributed by atoms with Gasteiger partial charge in [0.1, 0.15) is 0 Å². The highest BCUT2D eigenvalue weighted by Crippen LogP contribution is 2.33. The van der Waals surface area contributed by atoms with Crippen molar-refractivity contribution in [3.8, 4) is 0 Å². The molecule has 1 fully saturated rings. The van der Waals surface area contributed by atoms with Gasteiger partial charge in [0.25, 0.3) is 0 Å². The lowest BCUT2D eigenvalue weighted by molar-refractivity contribution is -0.129. The average molecular weight is 244 g/mol. The van der Waals surface area contributed by atoms with Gasteiger partial charge in [-0.3, -0.25) is 4.79 Å². The van der Waals surface area contributed by atoms with Crippen molar-refractivity contribution in [2.24, 2.45) is 5.41 Å². The number of amides is 1. The zero-order valence-electron chi connectivity index (χ0n) is 10.9. The Labute approximate surface area is 103 Å². The number of hydrogen-bond acceptors (Lipinski definition) is 3. The van der Waals surface area contributed by atoms with Crippen LogP contribution in [0.5, 0.6) is 0 Å². The molecule has 1 atom stereocenters. The van der Waals surface area contributed by atoms with Crippen LogP contribution in [0, 0.1) is 5.41 Å². The van der Waals surface area contributed by atoms with E-state index in [1.807, 2.05) is 25.7 Å². The maximum Gasteiger partial charge on any atom is 0.236 e. The molecule has 1 amide bonds. The van der Waals surface area contributed by atoms with Crippen molar-refractivity contribution in [1.82, 2.24) is 10.2 Å². The lowest BCUT2D eigenvalue weighted by Gasteiger charge is -2.39. The molecule has 0 saturated carbocycles. The molecule has 0 aromatic rings. The smallest absolute Gasteiger partial charge is 0.236 e. The van der Waals surface area contributed by atoms with Crippen LogP contribution >= 0.6 is 11.8 Å². The second-order valence-corrected chi connectivity index (χ2v) is 6.30. The van der Waals surface area contributed by atoms with E-state index in [4.69, 9.17) is 0 Å². The molecule has 0 radical (unpaired) electrons. The largest absolute Gasteiger partial charge is 0.345 e. The maximum absolute atomic E-state index is 11.7.